The molecule has 1 aromatic heterocycles. The number of hydrogen-bond donors (Lipinski definition) is 3. The van der Waals surface area contributed by atoms with Gasteiger partial charge in [-0.15, -0.1) is 0 Å². The molecule has 0 aliphatic carbocycles. The monoisotopic (exact) mass is 395 g/mol. The number of alkyl halides is 2. The number of nitrogens with two attached hydrogens (primary N) is 1. The Morgan fingerprint density at radius 3 is 2.46 bits per heavy atom. The van der Waals surface area contributed by atoms with Crippen LogP contribution >= 0.6 is 0 Å². The number of hydrogen-bond acceptors (Lipinski definition) is 4. The first kappa shape index (κ1) is 20.6. The summed E-state index contributed by atoms with van der Waals surface area (Å²) in [7, 11) is 0. The number of rotatable bonds is 5. The van der Waals surface area contributed by atoms with Gasteiger partial charge in [-0.1, -0.05) is 0 Å². The van der Waals surface area contributed by atoms with Crippen LogP contribution in [0.15, 0.2) is 30.5 Å². The maximum absolute atomic E-state index is 14.1. The van der Waals surface area contributed by atoms with Crippen molar-refractivity contribution in [3.05, 3.63) is 58.9 Å². The van der Waals surface area contributed by atoms with Gasteiger partial charge in [0.1, 0.15) is 17.4 Å². The number of halogens is 4. The average Bonchev–Trinajstić information content (AvgIpc) is 2.62. The minimum Gasteiger partial charge on any atom is -0.352 e. The van der Waals surface area contributed by atoms with E-state index in [9.17, 15) is 27.2 Å². The van der Waals surface area contributed by atoms with Gasteiger partial charge in [-0.05, 0) is 31.2 Å². The molecule has 7 nitrogen and oxygen atoms in total. The summed E-state index contributed by atoms with van der Waals surface area (Å²) >= 11 is 0. The fourth-order valence-corrected chi connectivity index (χ4v) is 2.35. The van der Waals surface area contributed by atoms with E-state index in [1.54, 1.807) is 11.4 Å². The quantitative estimate of drug-likeness (QED) is 0.674. The van der Waals surface area contributed by atoms with Gasteiger partial charge in [0, 0.05) is 17.4 Å². The van der Waals surface area contributed by atoms with Crippen LogP contribution in [0.4, 0.5) is 28.0 Å². The number of carbonyl (C=O) groups is 2. The third-order valence-electron chi connectivity index (χ3n) is 3.79. The highest BCUT2D eigenvalue weighted by Gasteiger charge is 2.40. The number of anilines is 1. The second-order valence-corrected chi connectivity index (χ2v) is 5.81. The van der Waals surface area contributed by atoms with Crippen molar-refractivity contribution in [3.8, 4) is 6.07 Å². The van der Waals surface area contributed by atoms with Gasteiger partial charge in [0.05, 0.1) is 5.56 Å². The Balaban J connectivity index is 2.39. The van der Waals surface area contributed by atoms with Crippen molar-refractivity contribution >= 4 is 17.6 Å². The van der Waals surface area contributed by atoms with E-state index in [2.05, 4.69) is 10.3 Å². The van der Waals surface area contributed by atoms with Crippen LogP contribution in [0.25, 0.3) is 0 Å². The van der Waals surface area contributed by atoms with Crippen LogP contribution in [0.1, 0.15) is 28.5 Å². The number of primary amides is 1. The molecule has 0 fully saturated rings. The zero-order valence-electron chi connectivity index (χ0n) is 14.3. The largest absolute Gasteiger partial charge is 0.352 e. The minimum absolute atomic E-state index is 0.108. The van der Waals surface area contributed by atoms with Gasteiger partial charge < -0.3 is 16.4 Å². The number of carbonyl (C=O) groups excluding carboxylic acids is 2. The molecule has 1 aromatic carbocycles. The molecule has 4 N–H and O–H groups in total. The van der Waals surface area contributed by atoms with Gasteiger partial charge in [-0.3, -0.25) is 4.79 Å². The highest BCUT2D eigenvalue weighted by molar-refractivity contribution is 6.03. The lowest BCUT2D eigenvalue weighted by Crippen LogP contribution is -2.51. The molecule has 3 amide bonds. The fraction of sp³-hybridized carbons (Fsp3) is 0.176. The SMILES string of the molecule is CC(NC(N)=O)(c1cc(NC(=O)c2ncc(C#N)cc2F)ccc1F)C(F)F. The van der Waals surface area contributed by atoms with Gasteiger partial charge in [-0.25, -0.2) is 27.3 Å². The van der Waals surface area contributed by atoms with Crippen LogP contribution in [0, 0.1) is 23.0 Å². The van der Waals surface area contributed by atoms with E-state index >= 15 is 0 Å². The van der Waals surface area contributed by atoms with Crippen LogP contribution < -0.4 is 16.4 Å². The van der Waals surface area contributed by atoms with Crippen molar-refractivity contribution in [3.63, 3.8) is 0 Å². The number of urea groups is 1. The number of pyridine rings is 1. The summed E-state index contributed by atoms with van der Waals surface area (Å²) in [5, 5.41) is 12.6. The number of nitrogens with zero attached hydrogens (tertiary/aromatic N) is 2. The molecule has 146 valence electrons. The van der Waals surface area contributed by atoms with Crippen molar-refractivity contribution in [2.75, 3.05) is 5.32 Å². The molecule has 0 saturated carbocycles. The Bertz CT molecular complexity index is 977. The maximum Gasteiger partial charge on any atom is 0.313 e. The zero-order chi connectivity index (χ0) is 21.1. The van der Waals surface area contributed by atoms with E-state index < -0.39 is 46.8 Å². The summed E-state index contributed by atoms with van der Waals surface area (Å²) in [5.74, 6) is -3.22. The Morgan fingerprint density at radius 1 is 1.25 bits per heavy atom. The van der Waals surface area contributed by atoms with E-state index in [0.717, 1.165) is 37.4 Å². The van der Waals surface area contributed by atoms with Crippen molar-refractivity contribution in [2.24, 2.45) is 5.73 Å². The lowest BCUT2D eigenvalue weighted by molar-refractivity contribution is 0.0433. The molecule has 0 spiro atoms. The van der Waals surface area contributed by atoms with Crippen molar-refractivity contribution < 1.29 is 27.2 Å². The van der Waals surface area contributed by atoms with E-state index in [1.807, 2.05) is 0 Å². The molecule has 2 rings (SSSR count). The van der Waals surface area contributed by atoms with E-state index in [1.165, 1.54) is 0 Å². The standard InChI is InChI=1S/C17H13F4N5O2/c1-17(15(20)21,26-16(23)28)10-5-9(2-3-11(10)18)25-14(27)13-12(19)4-8(6-22)7-24-13/h2-5,7,15H,1H3,(H,25,27)(H3,23,26,28). The van der Waals surface area contributed by atoms with Gasteiger partial charge in [-0.2, -0.15) is 5.26 Å². The van der Waals surface area contributed by atoms with E-state index in [4.69, 9.17) is 11.0 Å². The van der Waals surface area contributed by atoms with Crippen molar-refractivity contribution in [1.82, 2.24) is 10.3 Å². The Kier molecular flexibility index (Phi) is 5.83. The van der Waals surface area contributed by atoms with Crippen molar-refractivity contribution in [1.29, 1.82) is 5.26 Å². The minimum atomic E-state index is -3.24. The highest BCUT2D eigenvalue weighted by atomic mass is 19.3. The number of benzene rings is 1. The summed E-state index contributed by atoms with van der Waals surface area (Å²) in [5.41, 5.74) is 0.841. The summed E-state index contributed by atoms with van der Waals surface area (Å²) in [6.45, 7) is 0.855. The summed E-state index contributed by atoms with van der Waals surface area (Å²) in [6.07, 6.45) is -2.27. The molecule has 1 atom stereocenters. The predicted octanol–water partition coefficient (Wildman–Crippen LogP) is 2.63. The molecular weight excluding hydrogens is 382 g/mol. The van der Waals surface area contributed by atoms with Crippen LogP contribution in [-0.4, -0.2) is 23.3 Å². The van der Waals surface area contributed by atoms with Crippen LogP contribution in [0.3, 0.4) is 0 Å². The van der Waals surface area contributed by atoms with Gasteiger partial charge in [0.2, 0.25) is 0 Å². The molecule has 0 radical (unpaired) electrons. The molecule has 11 heteroatoms. The first-order valence-electron chi connectivity index (χ1n) is 7.61. The predicted molar refractivity (Wildman–Crippen MR) is 89.3 cm³/mol. The van der Waals surface area contributed by atoms with Gasteiger partial charge in [0.15, 0.2) is 11.5 Å². The molecule has 1 heterocycles. The topological polar surface area (TPSA) is 121 Å². The van der Waals surface area contributed by atoms with Gasteiger partial charge in [0.25, 0.3) is 12.3 Å². The smallest absolute Gasteiger partial charge is 0.313 e. The molecule has 2 aromatic rings. The van der Waals surface area contributed by atoms with E-state index in [-0.39, 0.29) is 11.3 Å². The van der Waals surface area contributed by atoms with Crippen molar-refractivity contribution in [2.45, 2.75) is 18.9 Å². The maximum atomic E-state index is 14.1. The van der Waals surface area contributed by atoms with Crippen LogP contribution in [-0.2, 0) is 5.54 Å². The average molecular weight is 395 g/mol. The first-order valence-corrected chi connectivity index (χ1v) is 7.61. The number of amides is 3. The lowest BCUT2D eigenvalue weighted by atomic mass is 9.91. The first-order chi connectivity index (χ1) is 13.1. The number of nitrogens with one attached hydrogen (secondary N) is 2. The third kappa shape index (κ3) is 4.17. The second kappa shape index (κ2) is 7.91. The van der Waals surface area contributed by atoms with Crippen LogP contribution in [0.5, 0.6) is 0 Å². The summed E-state index contributed by atoms with van der Waals surface area (Å²) in [4.78, 5) is 26.7. The number of aromatic nitrogens is 1. The molecule has 0 aliphatic heterocycles. The summed E-state index contributed by atoms with van der Waals surface area (Å²) < 4.78 is 55.0. The molecule has 0 saturated heterocycles. The summed E-state index contributed by atoms with van der Waals surface area (Å²) in [6, 6.07) is 3.83. The van der Waals surface area contributed by atoms with Crippen LogP contribution in [0.2, 0.25) is 0 Å². The third-order valence-corrected chi connectivity index (χ3v) is 3.79. The van der Waals surface area contributed by atoms with E-state index in [0.29, 0.717) is 0 Å². The number of nitriles is 1. The fourth-order valence-electron chi connectivity index (χ4n) is 2.35. The normalized spacial score (nSPS) is 12.8. The molecule has 0 bridgehead atoms. The zero-order valence-corrected chi connectivity index (χ0v) is 14.3. The molecular formula is C17H13F4N5O2. The molecule has 28 heavy (non-hydrogen) atoms. The highest BCUT2D eigenvalue weighted by Crippen LogP contribution is 2.32. The molecule has 0 aliphatic rings. The lowest BCUT2D eigenvalue weighted by Gasteiger charge is -2.30. The molecule has 1 unspecified atom stereocenters. The Hall–Kier alpha value is -3.68. The van der Waals surface area contributed by atoms with Gasteiger partial charge >= 0.3 is 6.03 Å². The second-order valence-electron chi connectivity index (χ2n) is 5.81. The Morgan fingerprint density at radius 2 is 1.93 bits per heavy atom. The Labute approximate surface area is 156 Å².